The fraction of sp³-hybridized carbons (Fsp3) is 0.240. The maximum atomic E-state index is 12.2. The Labute approximate surface area is 212 Å². The van der Waals surface area contributed by atoms with Crippen molar-refractivity contribution in [2.24, 2.45) is 0 Å². The molecule has 1 aliphatic rings. The standard InChI is InChI=1S/C25H24ClN7O3/c1-25(2)18-10-15(8-9-16(18)22(35)31-25)28-24-27-12-17(23-33-32-20(11-26)36-23)21(30-24)29-19(13-34)14-6-4-3-5-7-14/h3-10,12,19,34H,11,13H2,1-2H3,(H,31,35)(H2,27,28,29,30)/t19-/m1/s1. The summed E-state index contributed by atoms with van der Waals surface area (Å²) in [4.78, 5) is 21.3. The van der Waals surface area contributed by atoms with Crippen LogP contribution in [0.1, 0.15) is 47.3 Å². The molecule has 0 unspecified atom stereocenters. The molecule has 0 saturated heterocycles. The van der Waals surface area contributed by atoms with Crippen molar-refractivity contribution in [2.45, 2.75) is 31.3 Å². The molecule has 0 radical (unpaired) electrons. The van der Waals surface area contributed by atoms with Gasteiger partial charge in [-0.05, 0) is 43.2 Å². The monoisotopic (exact) mass is 505 g/mol. The van der Waals surface area contributed by atoms with Crippen LogP contribution in [-0.2, 0) is 11.4 Å². The average molecular weight is 506 g/mol. The third kappa shape index (κ3) is 4.60. The molecule has 1 amide bonds. The van der Waals surface area contributed by atoms with Crippen molar-refractivity contribution < 1.29 is 14.3 Å². The molecule has 1 atom stereocenters. The first-order valence-corrected chi connectivity index (χ1v) is 11.8. The number of rotatable bonds is 8. The molecule has 0 bridgehead atoms. The van der Waals surface area contributed by atoms with Crippen LogP contribution in [0.25, 0.3) is 11.5 Å². The molecule has 184 valence electrons. The van der Waals surface area contributed by atoms with E-state index in [-0.39, 0.29) is 30.2 Å². The van der Waals surface area contributed by atoms with E-state index < -0.39 is 11.6 Å². The van der Waals surface area contributed by atoms with Crippen LogP contribution < -0.4 is 16.0 Å². The van der Waals surface area contributed by atoms with Crippen LogP contribution in [0.4, 0.5) is 17.5 Å². The lowest BCUT2D eigenvalue weighted by molar-refractivity contribution is 0.0940. The molecule has 0 aliphatic carbocycles. The first-order valence-electron chi connectivity index (χ1n) is 11.3. The molecule has 10 nitrogen and oxygen atoms in total. The summed E-state index contributed by atoms with van der Waals surface area (Å²) in [6.45, 7) is 3.73. The summed E-state index contributed by atoms with van der Waals surface area (Å²) in [5.74, 6) is 1.14. The Kier molecular flexibility index (Phi) is 6.29. The molecule has 2 aromatic heterocycles. The second kappa shape index (κ2) is 9.56. The van der Waals surface area contributed by atoms with Crippen LogP contribution in [0, 0.1) is 0 Å². The number of hydrogen-bond donors (Lipinski definition) is 4. The Morgan fingerprint density at radius 1 is 1.14 bits per heavy atom. The summed E-state index contributed by atoms with van der Waals surface area (Å²) in [5.41, 5.74) is 3.11. The number of aliphatic hydroxyl groups is 1. The molecule has 4 aromatic rings. The van der Waals surface area contributed by atoms with Crippen LogP contribution in [0.5, 0.6) is 0 Å². The van der Waals surface area contributed by atoms with E-state index in [0.717, 1.165) is 16.8 Å². The van der Waals surface area contributed by atoms with Crippen molar-refractivity contribution in [2.75, 3.05) is 17.2 Å². The Balaban J connectivity index is 1.50. The van der Waals surface area contributed by atoms with Crippen LogP contribution in [0.15, 0.2) is 59.1 Å². The second-order valence-corrected chi connectivity index (χ2v) is 9.11. The molecule has 5 rings (SSSR count). The minimum atomic E-state index is -0.482. The molecule has 11 heteroatoms. The van der Waals surface area contributed by atoms with Gasteiger partial charge in [0.05, 0.1) is 23.8 Å². The highest BCUT2D eigenvalue weighted by Gasteiger charge is 2.35. The third-order valence-electron chi connectivity index (χ3n) is 5.92. The molecule has 0 spiro atoms. The summed E-state index contributed by atoms with van der Waals surface area (Å²) < 4.78 is 5.63. The van der Waals surface area contributed by atoms with Crippen LogP contribution in [-0.4, -0.2) is 37.8 Å². The molecule has 3 heterocycles. The third-order valence-corrected chi connectivity index (χ3v) is 6.14. The minimum absolute atomic E-state index is 0.0750. The number of aromatic nitrogens is 4. The molecule has 4 N–H and O–H groups in total. The van der Waals surface area contributed by atoms with E-state index in [9.17, 15) is 9.90 Å². The van der Waals surface area contributed by atoms with Gasteiger partial charge in [-0.1, -0.05) is 30.3 Å². The maximum absolute atomic E-state index is 12.2. The maximum Gasteiger partial charge on any atom is 0.253 e. The van der Waals surface area contributed by atoms with Crippen LogP contribution in [0.2, 0.25) is 0 Å². The summed E-state index contributed by atoms with van der Waals surface area (Å²) in [6.07, 6.45) is 1.56. The van der Waals surface area contributed by atoms with Crippen molar-refractivity contribution in [3.63, 3.8) is 0 Å². The molecule has 36 heavy (non-hydrogen) atoms. The normalized spacial score (nSPS) is 14.7. The lowest BCUT2D eigenvalue weighted by Crippen LogP contribution is -2.32. The van der Waals surface area contributed by atoms with Gasteiger partial charge >= 0.3 is 0 Å². The van der Waals surface area contributed by atoms with E-state index in [0.29, 0.717) is 22.9 Å². The van der Waals surface area contributed by atoms with E-state index in [1.54, 1.807) is 18.3 Å². The van der Waals surface area contributed by atoms with E-state index in [1.165, 1.54) is 0 Å². The fourth-order valence-electron chi connectivity index (χ4n) is 4.09. The van der Waals surface area contributed by atoms with Crippen molar-refractivity contribution in [3.8, 4) is 11.5 Å². The topological polar surface area (TPSA) is 138 Å². The lowest BCUT2D eigenvalue weighted by atomic mass is 9.94. The highest BCUT2D eigenvalue weighted by atomic mass is 35.5. The summed E-state index contributed by atoms with van der Waals surface area (Å²) in [5, 5.41) is 27.5. The number of benzene rings is 2. The molecule has 0 saturated carbocycles. The summed E-state index contributed by atoms with van der Waals surface area (Å²) >= 11 is 5.83. The number of aliphatic hydroxyl groups excluding tert-OH is 1. The Morgan fingerprint density at radius 3 is 2.67 bits per heavy atom. The zero-order chi connectivity index (χ0) is 25.3. The number of carbonyl (C=O) groups excluding carboxylic acids is 1. The van der Waals surface area contributed by atoms with E-state index in [2.05, 4.69) is 36.1 Å². The predicted octanol–water partition coefficient (Wildman–Crippen LogP) is 4.13. The zero-order valence-electron chi connectivity index (χ0n) is 19.6. The largest absolute Gasteiger partial charge is 0.419 e. The number of halogens is 1. The number of nitrogens with one attached hydrogen (secondary N) is 3. The average Bonchev–Trinajstić information content (AvgIpc) is 3.45. The summed E-state index contributed by atoms with van der Waals surface area (Å²) in [7, 11) is 0. The number of hydrogen-bond acceptors (Lipinski definition) is 9. The van der Waals surface area contributed by atoms with E-state index in [4.69, 9.17) is 16.0 Å². The number of amides is 1. The first-order chi connectivity index (χ1) is 17.4. The van der Waals surface area contributed by atoms with Gasteiger partial charge in [-0.15, -0.1) is 21.8 Å². The van der Waals surface area contributed by atoms with E-state index >= 15 is 0 Å². The summed E-state index contributed by atoms with van der Waals surface area (Å²) in [6, 6.07) is 14.6. The predicted molar refractivity (Wildman–Crippen MR) is 135 cm³/mol. The van der Waals surface area contributed by atoms with Gasteiger partial charge in [-0.25, -0.2) is 4.98 Å². The van der Waals surface area contributed by atoms with Crippen molar-refractivity contribution in [1.29, 1.82) is 0 Å². The number of nitrogens with zero attached hydrogens (tertiary/aromatic N) is 4. The number of carbonyl (C=O) groups is 1. The zero-order valence-corrected chi connectivity index (χ0v) is 20.4. The number of fused-ring (bicyclic) bond motifs is 1. The van der Waals surface area contributed by atoms with Crippen molar-refractivity contribution in [3.05, 3.63) is 77.3 Å². The lowest BCUT2D eigenvalue weighted by Gasteiger charge is -2.20. The second-order valence-electron chi connectivity index (χ2n) is 8.85. The molecule has 2 aromatic carbocycles. The van der Waals surface area contributed by atoms with Gasteiger partial charge in [0.15, 0.2) is 0 Å². The van der Waals surface area contributed by atoms with Gasteiger partial charge in [-0.3, -0.25) is 4.79 Å². The first kappa shape index (κ1) is 23.7. The van der Waals surface area contributed by atoms with Gasteiger partial charge < -0.3 is 25.5 Å². The highest BCUT2D eigenvalue weighted by Crippen LogP contribution is 2.34. The van der Waals surface area contributed by atoms with Gasteiger partial charge in [0.25, 0.3) is 11.8 Å². The quantitative estimate of drug-likeness (QED) is 0.260. The minimum Gasteiger partial charge on any atom is -0.419 e. The van der Waals surface area contributed by atoms with E-state index in [1.807, 2.05) is 50.2 Å². The molecular weight excluding hydrogens is 482 g/mol. The molecule has 1 aliphatic heterocycles. The van der Waals surface area contributed by atoms with Crippen LogP contribution >= 0.6 is 11.6 Å². The van der Waals surface area contributed by atoms with Gasteiger partial charge in [0.2, 0.25) is 11.8 Å². The van der Waals surface area contributed by atoms with Gasteiger partial charge in [-0.2, -0.15) is 4.98 Å². The van der Waals surface area contributed by atoms with Crippen molar-refractivity contribution >= 4 is 35.0 Å². The smallest absolute Gasteiger partial charge is 0.253 e. The number of alkyl halides is 1. The molecule has 0 fully saturated rings. The Bertz CT molecular complexity index is 1410. The Hall–Kier alpha value is -4.02. The van der Waals surface area contributed by atoms with Gasteiger partial charge in [0, 0.05) is 17.4 Å². The SMILES string of the molecule is CC1(C)NC(=O)c2ccc(Nc3ncc(-c4nnc(CCl)o4)c(N[C@H](CO)c4ccccc4)n3)cc21. The highest BCUT2D eigenvalue weighted by molar-refractivity contribution is 6.16. The fourth-order valence-corrected chi connectivity index (χ4v) is 4.20. The Morgan fingerprint density at radius 2 is 1.94 bits per heavy atom. The molecular formula is C25H24ClN7O3. The number of anilines is 3. The van der Waals surface area contributed by atoms with Crippen LogP contribution in [0.3, 0.4) is 0 Å². The van der Waals surface area contributed by atoms with Crippen molar-refractivity contribution in [1.82, 2.24) is 25.5 Å². The van der Waals surface area contributed by atoms with Gasteiger partial charge in [0.1, 0.15) is 11.7 Å².